The SMILES string of the molecule is CC(NC(=O)C(C)N1C(=O)C2CCCCC2C1=O)c1ccccc1. The predicted molar refractivity (Wildman–Crippen MR) is 89.8 cm³/mol. The molecule has 1 N–H and O–H groups in total. The van der Waals surface area contributed by atoms with Gasteiger partial charge in [0.25, 0.3) is 0 Å². The van der Waals surface area contributed by atoms with Gasteiger partial charge in [-0.2, -0.15) is 0 Å². The van der Waals surface area contributed by atoms with Gasteiger partial charge in [-0.15, -0.1) is 0 Å². The van der Waals surface area contributed by atoms with Gasteiger partial charge in [-0.05, 0) is 32.3 Å². The van der Waals surface area contributed by atoms with E-state index in [1.54, 1.807) is 6.92 Å². The maximum atomic E-state index is 12.6. The lowest BCUT2D eigenvalue weighted by Gasteiger charge is -2.24. The molecule has 1 aliphatic heterocycles. The van der Waals surface area contributed by atoms with E-state index in [-0.39, 0.29) is 35.6 Å². The molecule has 128 valence electrons. The van der Waals surface area contributed by atoms with Gasteiger partial charge in [0.05, 0.1) is 17.9 Å². The number of likely N-dealkylation sites (tertiary alicyclic amines) is 1. The summed E-state index contributed by atoms with van der Waals surface area (Å²) in [6.45, 7) is 3.54. The number of nitrogens with one attached hydrogen (secondary N) is 1. The number of carbonyl (C=O) groups is 3. The number of hydrogen-bond donors (Lipinski definition) is 1. The van der Waals surface area contributed by atoms with E-state index >= 15 is 0 Å². The van der Waals surface area contributed by atoms with Crippen LogP contribution >= 0.6 is 0 Å². The molecular weight excluding hydrogens is 304 g/mol. The molecule has 1 aromatic carbocycles. The van der Waals surface area contributed by atoms with Crippen LogP contribution in [0.15, 0.2) is 30.3 Å². The minimum atomic E-state index is -0.762. The molecule has 0 bridgehead atoms. The van der Waals surface area contributed by atoms with E-state index in [9.17, 15) is 14.4 Å². The van der Waals surface area contributed by atoms with Crippen molar-refractivity contribution in [2.24, 2.45) is 11.8 Å². The van der Waals surface area contributed by atoms with Gasteiger partial charge in [0, 0.05) is 0 Å². The van der Waals surface area contributed by atoms with Crippen LogP contribution in [0.25, 0.3) is 0 Å². The molecule has 5 heteroatoms. The summed E-state index contributed by atoms with van der Waals surface area (Å²) in [5, 5.41) is 2.91. The molecule has 0 spiro atoms. The van der Waals surface area contributed by atoms with Crippen molar-refractivity contribution in [3.8, 4) is 0 Å². The molecule has 5 nitrogen and oxygen atoms in total. The standard InChI is InChI=1S/C19H24N2O3/c1-12(14-8-4-3-5-9-14)20-17(22)13(2)21-18(23)15-10-6-7-11-16(15)19(21)24/h3-5,8-9,12-13,15-16H,6-7,10-11H2,1-2H3,(H,20,22). The summed E-state index contributed by atoms with van der Waals surface area (Å²) in [6, 6.07) is 8.70. The van der Waals surface area contributed by atoms with Crippen LogP contribution in [0.5, 0.6) is 0 Å². The highest BCUT2D eigenvalue weighted by Gasteiger charge is 2.50. The molecule has 4 atom stereocenters. The average molecular weight is 328 g/mol. The van der Waals surface area contributed by atoms with Crippen molar-refractivity contribution in [3.63, 3.8) is 0 Å². The molecule has 0 aromatic heterocycles. The summed E-state index contributed by atoms with van der Waals surface area (Å²) in [5.74, 6) is -1.05. The van der Waals surface area contributed by atoms with Crippen molar-refractivity contribution in [2.75, 3.05) is 0 Å². The maximum absolute atomic E-state index is 12.6. The lowest BCUT2D eigenvalue weighted by atomic mass is 9.81. The first-order chi connectivity index (χ1) is 11.5. The minimum absolute atomic E-state index is 0.167. The van der Waals surface area contributed by atoms with Gasteiger partial charge in [0.2, 0.25) is 17.7 Å². The number of carbonyl (C=O) groups excluding carboxylic acids is 3. The second-order valence-corrected chi connectivity index (χ2v) is 6.86. The fraction of sp³-hybridized carbons (Fsp3) is 0.526. The van der Waals surface area contributed by atoms with Crippen molar-refractivity contribution < 1.29 is 14.4 Å². The Balaban J connectivity index is 1.69. The Labute approximate surface area is 142 Å². The van der Waals surface area contributed by atoms with E-state index in [0.717, 1.165) is 31.2 Å². The monoisotopic (exact) mass is 328 g/mol. The number of benzene rings is 1. The molecule has 4 unspecified atom stereocenters. The lowest BCUT2D eigenvalue weighted by Crippen LogP contribution is -2.48. The fourth-order valence-corrected chi connectivity index (χ4v) is 3.85. The smallest absolute Gasteiger partial charge is 0.243 e. The molecular formula is C19H24N2O3. The first-order valence-electron chi connectivity index (χ1n) is 8.73. The minimum Gasteiger partial charge on any atom is -0.348 e. The molecule has 1 aromatic rings. The Bertz CT molecular complexity index is 619. The maximum Gasteiger partial charge on any atom is 0.243 e. The van der Waals surface area contributed by atoms with Gasteiger partial charge in [-0.1, -0.05) is 43.2 Å². The van der Waals surface area contributed by atoms with Gasteiger partial charge in [0.1, 0.15) is 6.04 Å². The van der Waals surface area contributed by atoms with Crippen LogP contribution in [0.1, 0.15) is 51.1 Å². The zero-order chi connectivity index (χ0) is 17.3. The van der Waals surface area contributed by atoms with Crippen LogP contribution in [0.4, 0.5) is 0 Å². The summed E-state index contributed by atoms with van der Waals surface area (Å²) in [5.41, 5.74) is 0.991. The van der Waals surface area contributed by atoms with Gasteiger partial charge in [0.15, 0.2) is 0 Å². The number of hydrogen-bond acceptors (Lipinski definition) is 3. The Morgan fingerprint density at radius 3 is 2.12 bits per heavy atom. The quantitative estimate of drug-likeness (QED) is 0.863. The van der Waals surface area contributed by atoms with Crippen LogP contribution in [0.2, 0.25) is 0 Å². The Kier molecular flexibility index (Phi) is 4.69. The fourth-order valence-electron chi connectivity index (χ4n) is 3.85. The summed E-state index contributed by atoms with van der Waals surface area (Å²) < 4.78 is 0. The van der Waals surface area contributed by atoms with Crippen molar-refractivity contribution in [2.45, 2.75) is 51.6 Å². The summed E-state index contributed by atoms with van der Waals surface area (Å²) in [4.78, 5) is 38.9. The first-order valence-corrected chi connectivity index (χ1v) is 8.73. The van der Waals surface area contributed by atoms with Crippen LogP contribution in [0, 0.1) is 11.8 Å². The molecule has 24 heavy (non-hydrogen) atoms. The lowest BCUT2D eigenvalue weighted by molar-refractivity contribution is -0.147. The number of nitrogens with zero attached hydrogens (tertiary/aromatic N) is 1. The number of fused-ring (bicyclic) bond motifs is 1. The zero-order valence-electron chi connectivity index (χ0n) is 14.2. The average Bonchev–Trinajstić information content (AvgIpc) is 2.86. The Morgan fingerprint density at radius 1 is 1.04 bits per heavy atom. The number of rotatable bonds is 4. The van der Waals surface area contributed by atoms with Crippen LogP contribution in [0.3, 0.4) is 0 Å². The molecule has 1 aliphatic carbocycles. The third kappa shape index (κ3) is 2.95. The Morgan fingerprint density at radius 2 is 1.58 bits per heavy atom. The topological polar surface area (TPSA) is 66.5 Å². The molecule has 1 heterocycles. The highest BCUT2D eigenvalue weighted by molar-refractivity contribution is 6.08. The van der Waals surface area contributed by atoms with E-state index < -0.39 is 6.04 Å². The number of imide groups is 1. The van der Waals surface area contributed by atoms with Gasteiger partial charge in [-0.25, -0.2) is 0 Å². The second-order valence-electron chi connectivity index (χ2n) is 6.86. The normalized spacial score (nSPS) is 26.0. The van der Waals surface area contributed by atoms with Gasteiger partial charge < -0.3 is 5.32 Å². The molecule has 2 fully saturated rings. The molecule has 1 saturated heterocycles. The van der Waals surface area contributed by atoms with Crippen molar-refractivity contribution in [3.05, 3.63) is 35.9 Å². The summed E-state index contributed by atoms with van der Waals surface area (Å²) in [7, 11) is 0. The van der Waals surface area contributed by atoms with E-state index in [0.29, 0.717) is 0 Å². The van der Waals surface area contributed by atoms with Crippen molar-refractivity contribution >= 4 is 17.7 Å². The van der Waals surface area contributed by atoms with Gasteiger partial charge in [-0.3, -0.25) is 19.3 Å². The van der Waals surface area contributed by atoms with Crippen LogP contribution in [-0.4, -0.2) is 28.7 Å². The third-order valence-electron chi connectivity index (χ3n) is 5.30. The molecule has 3 amide bonds. The molecule has 1 saturated carbocycles. The highest BCUT2D eigenvalue weighted by atomic mass is 16.2. The van der Waals surface area contributed by atoms with Gasteiger partial charge >= 0.3 is 0 Å². The van der Waals surface area contributed by atoms with Crippen LogP contribution < -0.4 is 5.32 Å². The molecule has 2 aliphatic rings. The Hall–Kier alpha value is -2.17. The number of amides is 3. The predicted octanol–water partition coefficient (Wildman–Crippen LogP) is 2.43. The van der Waals surface area contributed by atoms with Crippen molar-refractivity contribution in [1.29, 1.82) is 0 Å². The van der Waals surface area contributed by atoms with E-state index in [1.165, 1.54) is 4.90 Å². The van der Waals surface area contributed by atoms with Crippen LogP contribution in [-0.2, 0) is 14.4 Å². The summed E-state index contributed by atoms with van der Waals surface area (Å²) >= 11 is 0. The van der Waals surface area contributed by atoms with E-state index in [4.69, 9.17) is 0 Å². The third-order valence-corrected chi connectivity index (χ3v) is 5.30. The molecule has 0 radical (unpaired) electrons. The van der Waals surface area contributed by atoms with E-state index in [1.807, 2.05) is 37.3 Å². The van der Waals surface area contributed by atoms with E-state index in [2.05, 4.69) is 5.32 Å². The summed E-state index contributed by atoms with van der Waals surface area (Å²) in [6.07, 6.45) is 3.50. The first kappa shape index (κ1) is 16.7. The largest absolute Gasteiger partial charge is 0.348 e. The molecule has 3 rings (SSSR count). The zero-order valence-corrected chi connectivity index (χ0v) is 14.2. The second kappa shape index (κ2) is 6.75. The highest BCUT2D eigenvalue weighted by Crippen LogP contribution is 2.38. The van der Waals surface area contributed by atoms with Crippen molar-refractivity contribution in [1.82, 2.24) is 10.2 Å².